The number of carbonyl (C=O) groups is 2. The Bertz CT molecular complexity index is 461. The molecule has 0 spiro atoms. The van der Waals surface area contributed by atoms with Crippen molar-refractivity contribution in [2.75, 3.05) is 6.61 Å². The lowest BCUT2D eigenvalue weighted by Crippen LogP contribution is -2.30. The average molecular weight is 281 g/mol. The summed E-state index contributed by atoms with van der Waals surface area (Å²) >= 11 is 0. The van der Waals surface area contributed by atoms with E-state index >= 15 is 0 Å². The van der Waals surface area contributed by atoms with Crippen LogP contribution in [-0.4, -0.2) is 35.2 Å². The second kappa shape index (κ2) is 8.04. The molecule has 1 unspecified atom stereocenters. The first kappa shape index (κ1) is 15.8. The fraction of sp³-hybridized carbons (Fsp3) is 0.429. The Morgan fingerprint density at radius 3 is 2.85 bits per heavy atom. The minimum atomic E-state index is -0.900. The van der Waals surface area contributed by atoms with Gasteiger partial charge in [-0.25, -0.2) is 0 Å². The fourth-order valence-electron chi connectivity index (χ4n) is 1.88. The maximum atomic E-state index is 10.6. The van der Waals surface area contributed by atoms with E-state index in [9.17, 15) is 14.7 Å². The van der Waals surface area contributed by atoms with Gasteiger partial charge in [0, 0.05) is 12.5 Å². The van der Waals surface area contributed by atoms with Crippen LogP contribution < -0.4 is 10.1 Å². The molecule has 0 aliphatic heterocycles. The summed E-state index contributed by atoms with van der Waals surface area (Å²) < 4.78 is 5.28. The summed E-state index contributed by atoms with van der Waals surface area (Å²) in [6.45, 7) is 2.25. The Labute approximate surface area is 117 Å². The van der Waals surface area contributed by atoms with Crippen molar-refractivity contribution in [2.24, 2.45) is 0 Å². The van der Waals surface area contributed by atoms with E-state index in [0.29, 0.717) is 31.6 Å². The molecule has 0 heterocycles. The summed E-state index contributed by atoms with van der Waals surface area (Å²) in [5.74, 6) is -0.461. The number of hydrogen-bond acceptors (Lipinski definition) is 4. The number of phenols is 1. The highest BCUT2D eigenvalue weighted by Crippen LogP contribution is 2.27. The van der Waals surface area contributed by atoms with E-state index in [1.807, 2.05) is 6.92 Å². The number of hydrogen-bond donors (Lipinski definition) is 3. The van der Waals surface area contributed by atoms with Gasteiger partial charge >= 0.3 is 5.97 Å². The SMILES string of the molecule is CCOc1cc(CC(CCC(=O)O)NC=O)ccc1O. The molecular weight excluding hydrogens is 262 g/mol. The first-order valence-corrected chi connectivity index (χ1v) is 6.43. The van der Waals surface area contributed by atoms with Crippen LogP contribution in [0.1, 0.15) is 25.3 Å². The molecule has 0 fully saturated rings. The van der Waals surface area contributed by atoms with Crippen LogP contribution in [0.5, 0.6) is 11.5 Å². The van der Waals surface area contributed by atoms with Crippen LogP contribution >= 0.6 is 0 Å². The molecule has 6 heteroatoms. The predicted octanol–water partition coefficient (Wildman–Crippen LogP) is 1.31. The van der Waals surface area contributed by atoms with Crippen molar-refractivity contribution < 1.29 is 24.5 Å². The van der Waals surface area contributed by atoms with Crippen molar-refractivity contribution in [1.29, 1.82) is 0 Å². The van der Waals surface area contributed by atoms with E-state index in [1.54, 1.807) is 12.1 Å². The lowest BCUT2D eigenvalue weighted by atomic mass is 10.0. The van der Waals surface area contributed by atoms with Crippen LogP contribution in [-0.2, 0) is 16.0 Å². The normalized spacial score (nSPS) is 11.7. The number of rotatable bonds is 9. The lowest BCUT2D eigenvalue weighted by molar-refractivity contribution is -0.137. The summed E-state index contributed by atoms with van der Waals surface area (Å²) in [5.41, 5.74) is 0.857. The third kappa shape index (κ3) is 5.17. The van der Waals surface area contributed by atoms with Gasteiger partial charge < -0.3 is 20.3 Å². The first-order chi connectivity index (χ1) is 9.56. The van der Waals surface area contributed by atoms with Gasteiger partial charge in [0.05, 0.1) is 6.61 Å². The van der Waals surface area contributed by atoms with Gasteiger partial charge in [-0.15, -0.1) is 0 Å². The minimum absolute atomic E-state index is 0.0120. The van der Waals surface area contributed by atoms with Gasteiger partial charge in [-0.05, 0) is 37.5 Å². The Morgan fingerprint density at radius 1 is 1.50 bits per heavy atom. The quantitative estimate of drug-likeness (QED) is 0.593. The molecule has 1 atom stereocenters. The molecule has 3 N–H and O–H groups in total. The largest absolute Gasteiger partial charge is 0.504 e. The standard InChI is InChI=1S/C14H19NO5/c1-2-20-13-8-10(3-5-12(13)17)7-11(15-9-16)4-6-14(18)19/h3,5,8-9,11,17H,2,4,6-7H2,1H3,(H,15,16)(H,18,19). The number of benzene rings is 1. The molecule has 0 aromatic heterocycles. The van der Waals surface area contributed by atoms with Crippen LogP contribution in [0.15, 0.2) is 18.2 Å². The van der Waals surface area contributed by atoms with E-state index in [2.05, 4.69) is 5.32 Å². The number of carboxylic acid groups (broad SMARTS) is 1. The Hall–Kier alpha value is -2.24. The van der Waals surface area contributed by atoms with Gasteiger partial charge in [0.2, 0.25) is 6.41 Å². The fourth-order valence-corrected chi connectivity index (χ4v) is 1.88. The first-order valence-electron chi connectivity index (χ1n) is 6.43. The van der Waals surface area contributed by atoms with Crippen molar-refractivity contribution in [1.82, 2.24) is 5.32 Å². The highest BCUT2D eigenvalue weighted by molar-refractivity contribution is 5.66. The molecule has 6 nitrogen and oxygen atoms in total. The summed E-state index contributed by atoms with van der Waals surface area (Å²) in [6.07, 6.45) is 1.38. The molecule has 0 aliphatic rings. The number of carbonyl (C=O) groups excluding carboxylic acids is 1. The van der Waals surface area contributed by atoms with Crippen molar-refractivity contribution in [2.45, 2.75) is 32.2 Å². The second-order valence-corrected chi connectivity index (χ2v) is 4.35. The van der Waals surface area contributed by atoms with E-state index < -0.39 is 5.97 Å². The molecule has 1 amide bonds. The van der Waals surface area contributed by atoms with Gasteiger partial charge in [-0.3, -0.25) is 9.59 Å². The van der Waals surface area contributed by atoms with Crippen LogP contribution in [0.2, 0.25) is 0 Å². The third-order valence-corrected chi connectivity index (χ3v) is 2.82. The molecular formula is C14H19NO5. The molecule has 1 aromatic rings. The van der Waals surface area contributed by atoms with Crippen LogP contribution in [0.25, 0.3) is 0 Å². The monoisotopic (exact) mass is 281 g/mol. The smallest absolute Gasteiger partial charge is 0.303 e. The Balaban J connectivity index is 2.74. The van der Waals surface area contributed by atoms with Gasteiger partial charge in [0.25, 0.3) is 0 Å². The maximum absolute atomic E-state index is 10.6. The third-order valence-electron chi connectivity index (χ3n) is 2.82. The Morgan fingerprint density at radius 2 is 2.25 bits per heavy atom. The zero-order valence-electron chi connectivity index (χ0n) is 11.3. The summed E-state index contributed by atoms with van der Waals surface area (Å²) in [6, 6.07) is 4.68. The zero-order chi connectivity index (χ0) is 15.0. The van der Waals surface area contributed by atoms with Crippen LogP contribution in [0, 0.1) is 0 Å². The number of carboxylic acids is 1. The van der Waals surface area contributed by atoms with Gasteiger partial charge in [0.1, 0.15) is 0 Å². The van der Waals surface area contributed by atoms with Gasteiger partial charge in [0.15, 0.2) is 11.5 Å². The van der Waals surface area contributed by atoms with Gasteiger partial charge in [-0.2, -0.15) is 0 Å². The van der Waals surface area contributed by atoms with Crippen molar-refractivity contribution in [3.8, 4) is 11.5 Å². The number of aromatic hydroxyl groups is 1. The van der Waals surface area contributed by atoms with Crippen LogP contribution in [0.4, 0.5) is 0 Å². The molecule has 20 heavy (non-hydrogen) atoms. The van der Waals surface area contributed by atoms with Gasteiger partial charge in [-0.1, -0.05) is 6.07 Å². The number of nitrogens with one attached hydrogen (secondary N) is 1. The number of ether oxygens (including phenoxy) is 1. The van der Waals surface area contributed by atoms with Crippen molar-refractivity contribution in [3.05, 3.63) is 23.8 Å². The second-order valence-electron chi connectivity index (χ2n) is 4.35. The highest BCUT2D eigenvalue weighted by atomic mass is 16.5. The maximum Gasteiger partial charge on any atom is 0.303 e. The lowest BCUT2D eigenvalue weighted by Gasteiger charge is -2.16. The molecule has 0 bridgehead atoms. The van der Waals surface area contributed by atoms with E-state index in [1.165, 1.54) is 6.07 Å². The highest BCUT2D eigenvalue weighted by Gasteiger charge is 2.12. The average Bonchev–Trinajstić information content (AvgIpc) is 2.40. The topological polar surface area (TPSA) is 95.9 Å². The van der Waals surface area contributed by atoms with E-state index in [-0.39, 0.29) is 18.2 Å². The summed E-state index contributed by atoms with van der Waals surface area (Å²) in [5, 5.41) is 20.9. The summed E-state index contributed by atoms with van der Waals surface area (Å²) in [7, 11) is 0. The molecule has 0 saturated heterocycles. The zero-order valence-corrected chi connectivity index (χ0v) is 11.3. The number of phenolic OH excluding ortho intramolecular Hbond substituents is 1. The number of amides is 1. The molecule has 0 aliphatic carbocycles. The molecule has 0 radical (unpaired) electrons. The van der Waals surface area contributed by atoms with Crippen LogP contribution in [0.3, 0.4) is 0 Å². The molecule has 1 aromatic carbocycles. The summed E-state index contributed by atoms with van der Waals surface area (Å²) in [4.78, 5) is 21.1. The molecule has 1 rings (SSSR count). The van der Waals surface area contributed by atoms with Crippen molar-refractivity contribution in [3.63, 3.8) is 0 Å². The minimum Gasteiger partial charge on any atom is -0.504 e. The molecule has 0 saturated carbocycles. The van der Waals surface area contributed by atoms with E-state index in [0.717, 1.165) is 5.56 Å². The number of aliphatic carboxylic acids is 1. The van der Waals surface area contributed by atoms with Crippen molar-refractivity contribution >= 4 is 12.4 Å². The Kier molecular flexibility index (Phi) is 6.36. The molecule has 110 valence electrons. The van der Waals surface area contributed by atoms with E-state index in [4.69, 9.17) is 9.84 Å². The predicted molar refractivity (Wildman–Crippen MR) is 72.8 cm³/mol.